The Morgan fingerprint density at radius 3 is 2.89 bits per heavy atom. The summed E-state index contributed by atoms with van der Waals surface area (Å²) in [7, 11) is 0. The summed E-state index contributed by atoms with van der Waals surface area (Å²) in [6, 6.07) is 3.96. The first-order chi connectivity index (χ1) is 8.68. The van der Waals surface area contributed by atoms with Crippen LogP contribution in [0.15, 0.2) is 18.5 Å². The Morgan fingerprint density at radius 1 is 1.56 bits per heavy atom. The number of amides is 1. The highest BCUT2D eigenvalue weighted by Gasteiger charge is 2.40. The van der Waals surface area contributed by atoms with E-state index in [0.717, 1.165) is 5.56 Å². The molecule has 1 aliphatic rings. The number of nitrogens with one attached hydrogen (secondary N) is 1. The van der Waals surface area contributed by atoms with Crippen LogP contribution in [0.2, 0.25) is 0 Å². The van der Waals surface area contributed by atoms with Crippen LogP contribution in [0.4, 0.5) is 5.69 Å². The normalized spacial score (nSPS) is 17.8. The van der Waals surface area contributed by atoms with Gasteiger partial charge in [-0.2, -0.15) is 5.26 Å². The maximum atomic E-state index is 12.3. The fourth-order valence-electron chi connectivity index (χ4n) is 1.95. The van der Waals surface area contributed by atoms with Crippen LogP contribution in [0.1, 0.15) is 18.4 Å². The van der Waals surface area contributed by atoms with E-state index in [4.69, 9.17) is 4.74 Å². The molecule has 1 aromatic heterocycles. The van der Waals surface area contributed by atoms with Gasteiger partial charge in [-0.1, -0.05) is 0 Å². The van der Waals surface area contributed by atoms with E-state index >= 15 is 0 Å². The highest BCUT2D eigenvalue weighted by molar-refractivity contribution is 5.97. The van der Waals surface area contributed by atoms with Gasteiger partial charge in [0.2, 0.25) is 5.91 Å². The molecule has 1 aromatic rings. The van der Waals surface area contributed by atoms with Gasteiger partial charge in [0.1, 0.15) is 5.41 Å². The van der Waals surface area contributed by atoms with Gasteiger partial charge < -0.3 is 10.1 Å². The minimum absolute atomic E-state index is 0.260. The second kappa shape index (κ2) is 5.15. The van der Waals surface area contributed by atoms with Crippen molar-refractivity contribution >= 4 is 11.6 Å². The van der Waals surface area contributed by atoms with Gasteiger partial charge in [-0.05, 0) is 31.4 Å². The summed E-state index contributed by atoms with van der Waals surface area (Å²) in [4.78, 5) is 16.2. The Bertz CT molecular complexity index is 487. The average molecular weight is 245 g/mol. The predicted molar refractivity (Wildman–Crippen MR) is 65.7 cm³/mol. The molecule has 5 nitrogen and oxygen atoms in total. The summed E-state index contributed by atoms with van der Waals surface area (Å²) in [6.07, 6.45) is 4.14. The molecule has 94 valence electrons. The third kappa shape index (κ3) is 2.34. The number of anilines is 1. The molecule has 1 N–H and O–H groups in total. The van der Waals surface area contributed by atoms with Crippen molar-refractivity contribution in [2.24, 2.45) is 5.41 Å². The Labute approximate surface area is 106 Å². The third-order valence-electron chi connectivity index (χ3n) is 3.28. The molecule has 0 bridgehead atoms. The Kier molecular flexibility index (Phi) is 3.58. The first kappa shape index (κ1) is 12.5. The molecule has 1 aliphatic heterocycles. The molecule has 1 amide bonds. The Morgan fingerprint density at radius 2 is 2.28 bits per heavy atom. The van der Waals surface area contributed by atoms with E-state index < -0.39 is 5.41 Å². The van der Waals surface area contributed by atoms with Crippen molar-refractivity contribution in [1.82, 2.24) is 4.98 Å². The monoisotopic (exact) mass is 245 g/mol. The molecule has 18 heavy (non-hydrogen) atoms. The zero-order valence-corrected chi connectivity index (χ0v) is 10.3. The van der Waals surface area contributed by atoms with Gasteiger partial charge in [0.25, 0.3) is 0 Å². The van der Waals surface area contributed by atoms with Gasteiger partial charge in [-0.25, -0.2) is 0 Å². The summed E-state index contributed by atoms with van der Waals surface area (Å²) >= 11 is 0. The standard InChI is InChI=1S/C13H15N3O2/c1-10-2-5-15-8-11(10)16-12(17)13(9-14)3-6-18-7-4-13/h2,5,8H,3-4,6-7H2,1H3,(H,16,17). The topological polar surface area (TPSA) is 75.0 Å². The van der Waals surface area contributed by atoms with Crippen LogP contribution in [0.5, 0.6) is 0 Å². The third-order valence-corrected chi connectivity index (χ3v) is 3.28. The van der Waals surface area contributed by atoms with Crippen molar-refractivity contribution < 1.29 is 9.53 Å². The molecule has 0 aliphatic carbocycles. The van der Waals surface area contributed by atoms with Crippen LogP contribution in [0.25, 0.3) is 0 Å². The highest BCUT2D eigenvalue weighted by atomic mass is 16.5. The number of hydrogen-bond acceptors (Lipinski definition) is 4. The fraction of sp³-hybridized carbons (Fsp3) is 0.462. The van der Waals surface area contributed by atoms with Crippen LogP contribution in [-0.2, 0) is 9.53 Å². The number of ether oxygens (including phenoxy) is 1. The van der Waals surface area contributed by atoms with Crippen molar-refractivity contribution in [3.63, 3.8) is 0 Å². The van der Waals surface area contributed by atoms with Crippen molar-refractivity contribution in [2.75, 3.05) is 18.5 Å². The SMILES string of the molecule is Cc1ccncc1NC(=O)C1(C#N)CCOCC1. The lowest BCUT2D eigenvalue weighted by Crippen LogP contribution is -2.40. The molecule has 1 fully saturated rings. The molecule has 0 spiro atoms. The molecular weight excluding hydrogens is 230 g/mol. The van der Waals surface area contributed by atoms with Crippen LogP contribution in [-0.4, -0.2) is 24.1 Å². The Balaban J connectivity index is 2.16. The lowest BCUT2D eigenvalue weighted by Gasteiger charge is -2.29. The number of aryl methyl sites for hydroxylation is 1. The van der Waals surface area contributed by atoms with E-state index in [1.54, 1.807) is 12.4 Å². The van der Waals surface area contributed by atoms with Gasteiger partial charge in [0.15, 0.2) is 0 Å². The molecule has 0 radical (unpaired) electrons. The fourth-order valence-corrected chi connectivity index (χ4v) is 1.95. The first-order valence-corrected chi connectivity index (χ1v) is 5.89. The quantitative estimate of drug-likeness (QED) is 0.859. The van der Waals surface area contributed by atoms with Crippen LogP contribution in [0.3, 0.4) is 0 Å². The van der Waals surface area contributed by atoms with Crippen molar-refractivity contribution in [2.45, 2.75) is 19.8 Å². The van der Waals surface area contributed by atoms with E-state index in [1.165, 1.54) is 0 Å². The maximum absolute atomic E-state index is 12.3. The molecule has 5 heteroatoms. The number of carbonyl (C=O) groups is 1. The molecule has 1 saturated heterocycles. The zero-order chi connectivity index (χ0) is 13.0. The van der Waals surface area contributed by atoms with Crippen LogP contribution in [0, 0.1) is 23.7 Å². The number of nitrogens with zero attached hydrogens (tertiary/aromatic N) is 2. The van der Waals surface area contributed by atoms with Gasteiger partial charge in [0, 0.05) is 19.4 Å². The summed E-state index contributed by atoms with van der Waals surface area (Å²) in [5, 5.41) is 12.1. The Hall–Kier alpha value is -1.93. The number of aromatic nitrogens is 1. The molecule has 0 saturated carbocycles. The second-order valence-electron chi connectivity index (χ2n) is 4.45. The number of nitriles is 1. The first-order valence-electron chi connectivity index (χ1n) is 5.89. The minimum Gasteiger partial charge on any atom is -0.381 e. The largest absolute Gasteiger partial charge is 0.381 e. The molecular formula is C13H15N3O2. The van der Waals surface area contributed by atoms with Gasteiger partial charge in [0.05, 0.1) is 18.0 Å². The van der Waals surface area contributed by atoms with E-state index in [-0.39, 0.29) is 5.91 Å². The average Bonchev–Trinajstić information content (AvgIpc) is 2.42. The number of carbonyl (C=O) groups excluding carboxylic acids is 1. The number of rotatable bonds is 2. The molecule has 0 aromatic carbocycles. The number of pyridine rings is 1. The van der Waals surface area contributed by atoms with E-state index in [0.29, 0.717) is 31.7 Å². The molecule has 2 rings (SSSR count). The van der Waals surface area contributed by atoms with Crippen LogP contribution >= 0.6 is 0 Å². The zero-order valence-electron chi connectivity index (χ0n) is 10.3. The second-order valence-corrected chi connectivity index (χ2v) is 4.45. The minimum atomic E-state index is -0.972. The van der Waals surface area contributed by atoms with E-state index in [9.17, 15) is 10.1 Å². The maximum Gasteiger partial charge on any atom is 0.245 e. The van der Waals surface area contributed by atoms with Crippen molar-refractivity contribution in [3.05, 3.63) is 24.0 Å². The summed E-state index contributed by atoms with van der Waals surface area (Å²) in [5.74, 6) is -0.260. The van der Waals surface area contributed by atoms with Crippen LogP contribution < -0.4 is 5.32 Å². The van der Waals surface area contributed by atoms with Gasteiger partial charge in [-0.15, -0.1) is 0 Å². The molecule has 2 heterocycles. The predicted octanol–water partition coefficient (Wildman–Crippen LogP) is 1.65. The van der Waals surface area contributed by atoms with Crippen molar-refractivity contribution in [3.8, 4) is 6.07 Å². The van der Waals surface area contributed by atoms with E-state index in [1.807, 2.05) is 13.0 Å². The lowest BCUT2D eigenvalue weighted by molar-refractivity contribution is -0.126. The lowest BCUT2D eigenvalue weighted by atomic mass is 9.81. The van der Waals surface area contributed by atoms with Crippen molar-refractivity contribution in [1.29, 1.82) is 5.26 Å². The summed E-state index contributed by atoms with van der Waals surface area (Å²) < 4.78 is 5.21. The smallest absolute Gasteiger partial charge is 0.245 e. The van der Waals surface area contributed by atoms with Gasteiger partial charge in [-0.3, -0.25) is 9.78 Å². The van der Waals surface area contributed by atoms with E-state index in [2.05, 4.69) is 16.4 Å². The summed E-state index contributed by atoms with van der Waals surface area (Å²) in [6.45, 7) is 2.79. The van der Waals surface area contributed by atoms with Gasteiger partial charge >= 0.3 is 0 Å². The molecule has 0 unspecified atom stereocenters. The number of hydrogen-bond donors (Lipinski definition) is 1. The summed E-state index contributed by atoms with van der Waals surface area (Å²) in [5.41, 5.74) is 0.614. The highest BCUT2D eigenvalue weighted by Crippen LogP contribution is 2.31. The molecule has 0 atom stereocenters.